The first-order chi connectivity index (χ1) is 28.2. The Morgan fingerprint density at radius 1 is 0.333 bits per heavy atom. The smallest absolute Gasteiger partial charge is 0.160 e. The Kier molecular flexibility index (Phi) is 8.73. The monoisotopic (exact) mass is 728 g/mol. The van der Waals surface area contributed by atoms with Crippen LogP contribution < -0.4 is 0 Å². The van der Waals surface area contributed by atoms with Gasteiger partial charge in [0.15, 0.2) is 5.82 Å². The summed E-state index contributed by atoms with van der Waals surface area (Å²) in [6.45, 7) is 2.20. The minimum absolute atomic E-state index is 0.677. The van der Waals surface area contributed by atoms with Gasteiger partial charge in [-0.05, 0) is 79.8 Å². The Morgan fingerprint density at radius 2 is 0.789 bits per heavy atom. The second-order valence-corrected chi connectivity index (χ2v) is 14.8. The van der Waals surface area contributed by atoms with Crippen LogP contribution in [-0.4, -0.2) is 9.97 Å². The lowest BCUT2D eigenvalue weighted by atomic mass is 9.64. The molecule has 0 unspecified atom stereocenters. The summed E-state index contributed by atoms with van der Waals surface area (Å²) in [4.78, 5) is 10.6. The summed E-state index contributed by atoms with van der Waals surface area (Å²) in [7, 11) is 0. The summed E-state index contributed by atoms with van der Waals surface area (Å²) in [5, 5.41) is 0. The van der Waals surface area contributed by atoms with E-state index in [1.165, 1.54) is 61.2 Å². The molecule has 57 heavy (non-hydrogen) atoms. The predicted molar refractivity (Wildman–Crippen MR) is 236 cm³/mol. The number of hydrogen-bond donors (Lipinski definition) is 0. The fourth-order valence-electron chi connectivity index (χ4n) is 8.91. The van der Waals surface area contributed by atoms with Crippen molar-refractivity contribution in [1.29, 1.82) is 0 Å². The molecule has 0 fully saturated rings. The van der Waals surface area contributed by atoms with E-state index in [9.17, 15) is 0 Å². The molecule has 0 bridgehead atoms. The van der Waals surface area contributed by atoms with Crippen molar-refractivity contribution in [3.8, 4) is 67.3 Å². The summed E-state index contributed by atoms with van der Waals surface area (Å²) < 4.78 is 0. The zero-order valence-electron chi connectivity index (χ0n) is 31.8. The number of aromatic nitrogens is 2. The van der Waals surface area contributed by atoms with Gasteiger partial charge < -0.3 is 0 Å². The van der Waals surface area contributed by atoms with Crippen LogP contribution in [0.5, 0.6) is 0 Å². The number of rotatable bonds is 8. The lowest BCUT2D eigenvalue weighted by molar-refractivity contribution is 0.772. The Morgan fingerprint density at radius 3 is 1.40 bits per heavy atom. The summed E-state index contributed by atoms with van der Waals surface area (Å²) in [5.74, 6) is 0.701. The van der Waals surface area contributed by atoms with Gasteiger partial charge in [0.1, 0.15) is 0 Å². The molecule has 1 aromatic heterocycles. The highest BCUT2D eigenvalue weighted by Crippen LogP contribution is 2.59. The topological polar surface area (TPSA) is 25.8 Å². The van der Waals surface area contributed by atoms with E-state index in [2.05, 4.69) is 207 Å². The van der Waals surface area contributed by atoms with Gasteiger partial charge in [-0.3, -0.25) is 0 Å². The molecular weight excluding hydrogens is 689 g/mol. The van der Waals surface area contributed by atoms with Crippen molar-refractivity contribution in [1.82, 2.24) is 9.97 Å². The van der Waals surface area contributed by atoms with Gasteiger partial charge in [0.2, 0.25) is 0 Å². The molecule has 0 saturated carbocycles. The number of hydrogen-bond acceptors (Lipinski definition) is 2. The van der Waals surface area contributed by atoms with Gasteiger partial charge in [-0.2, -0.15) is 0 Å². The minimum atomic E-state index is -0.677. The third-order valence-electron chi connectivity index (χ3n) is 11.6. The molecule has 1 aliphatic rings. The molecular formula is C55H40N2. The highest BCUT2D eigenvalue weighted by molar-refractivity contribution is 5.91. The summed E-state index contributed by atoms with van der Waals surface area (Å²) in [6, 6.07) is 76.8. The Labute approximate surface area is 334 Å². The molecule has 9 aromatic rings. The maximum atomic E-state index is 5.40. The maximum Gasteiger partial charge on any atom is 0.160 e. The second kappa shape index (κ2) is 14.5. The van der Waals surface area contributed by atoms with Crippen molar-refractivity contribution >= 4 is 0 Å². The van der Waals surface area contributed by atoms with E-state index >= 15 is 0 Å². The van der Waals surface area contributed by atoms with Crippen LogP contribution in [0.1, 0.15) is 34.7 Å². The van der Waals surface area contributed by atoms with Gasteiger partial charge in [0.05, 0.1) is 16.8 Å². The number of aryl methyl sites for hydroxylation is 1. The molecule has 0 N–H and O–H groups in total. The summed E-state index contributed by atoms with van der Waals surface area (Å²) in [5.41, 5.74) is 17.8. The van der Waals surface area contributed by atoms with Crippen LogP contribution in [0, 0.1) is 0 Å². The van der Waals surface area contributed by atoms with E-state index in [0.717, 1.165) is 34.5 Å². The standard InChI is InChI=1S/C55H40N2/c1-2-38-32-34-39(35-33-38)42-22-17-23-43(36-42)44-24-9-13-28-48(44)55(49-29-14-10-25-45(49)46-26-11-15-30-50(46)55)51-31-16-12-27-47(51)53-37-52(40-18-5-3-6-19-40)56-54(57-53)41-20-7-4-8-21-41/h3-37H,2H2,1H3. The number of benzene rings is 8. The van der Waals surface area contributed by atoms with Crippen molar-refractivity contribution in [2.75, 3.05) is 0 Å². The average molecular weight is 729 g/mol. The SMILES string of the molecule is CCc1ccc(-c2cccc(-c3ccccc3C3(c4ccccc4-c4cc(-c5ccccc5)nc(-c5ccccc5)n4)c4ccccc4-c4ccccc43)c2)cc1. The van der Waals surface area contributed by atoms with Crippen LogP contribution >= 0.6 is 0 Å². The molecule has 2 nitrogen and oxygen atoms in total. The maximum absolute atomic E-state index is 5.40. The summed E-state index contributed by atoms with van der Waals surface area (Å²) in [6.07, 6.45) is 1.02. The molecule has 0 spiro atoms. The first kappa shape index (κ1) is 34.3. The second-order valence-electron chi connectivity index (χ2n) is 14.8. The van der Waals surface area contributed by atoms with Crippen LogP contribution in [0.4, 0.5) is 0 Å². The molecule has 1 aliphatic carbocycles. The van der Waals surface area contributed by atoms with E-state index in [0.29, 0.717) is 5.82 Å². The van der Waals surface area contributed by atoms with E-state index in [-0.39, 0.29) is 0 Å². The van der Waals surface area contributed by atoms with Gasteiger partial charge in [0.25, 0.3) is 0 Å². The van der Waals surface area contributed by atoms with Crippen LogP contribution in [0.2, 0.25) is 0 Å². The van der Waals surface area contributed by atoms with E-state index in [1.807, 2.05) is 12.1 Å². The van der Waals surface area contributed by atoms with Crippen molar-refractivity contribution in [2.24, 2.45) is 0 Å². The molecule has 270 valence electrons. The van der Waals surface area contributed by atoms with Gasteiger partial charge in [0, 0.05) is 16.7 Å². The van der Waals surface area contributed by atoms with E-state index in [4.69, 9.17) is 9.97 Å². The Balaban J connectivity index is 1.26. The fourth-order valence-corrected chi connectivity index (χ4v) is 8.91. The first-order valence-electron chi connectivity index (χ1n) is 19.8. The predicted octanol–water partition coefficient (Wildman–Crippen LogP) is 13.7. The molecule has 10 rings (SSSR count). The lowest BCUT2D eigenvalue weighted by Gasteiger charge is -2.37. The molecule has 0 saturated heterocycles. The lowest BCUT2D eigenvalue weighted by Crippen LogP contribution is -2.30. The van der Waals surface area contributed by atoms with Crippen LogP contribution in [0.25, 0.3) is 67.3 Å². The fraction of sp³-hybridized carbons (Fsp3) is 0.0545. The first-order valence-corrected chi connectivity index (χ1v) is 19.8. The molecule has 1 heterocycles. The Bertz CT molecular complexity index is 2770. The third-order valence-corrected chi connectivity index (χ3v) is 11.6. The van der Waals surface area contributed by atoms with Crippen molar-refractivity contribution in [2.45, 2.75) is 18.8 Å². The molecule has 0 atom stereocenters. The zero-order chi connectivity index (χ0) is 38.2. The average Bonchev–Trinajstić information content (AvgIpc) is 3.60. The van der Waals surface area contributed by atoms with Crippen molar-refractivity contribution in [3.63, 3.8) is 0 Å². The van der Waals surface area contributed by atoms with E-state index < -0.39 is 5.41 Å². The highest BCUT2D eigenvalue weighted by Gasteiger charge is 2.48. The molecule has 0 amide bonds. The zero-order valence-corrected chi connectivity index (χ0v) is 31.8. The third kappa shape index (κ3) is 5.89. The van der Waals surface area contributed by atoms with E-state index in [1.54, 1.807) is 0 Å². The van der Waals surface area contributed by atoms with Gasteiger partial charge in [-0.25, -0.2) is 9.97 Å². The van der Waals surface area contributed by atoms with Crippen molar-refractivity contribution < 1.29 is 0 Å². The number of nitrogens with zero attached hydrogens (tertiary/aromatic N) is 2. The van der Waals surface area contributed by atoms with Gasteiger partial charge >= 0.3 is 0 Å². The van der Waals surface area contributed by atoms with Crippen molar-refractivity contribution in [3.05, 3.63) is 240 Å². The normalized spacial score (nSPS) is 12.5. The minimum Gasteiger partial charge on any atom is -0.228 e. The quantitative estimate of drug-likeness (QED) is 0.156. The highest BCUT2D eigenvalue weighted by atomic mass is 14.9. The van der Waals surface area contributed by atoms with Crippen LogP contribution in [0.3, 0.4) is 0 Å². The molecule has 2 heteroatoms. The number of fused-ring (bicyclic) bond motifs is 3. The van der Waals surface area contributed by atoms with Crippen LogP contribution in [-0.2, 0) is 11.8 Å². The molecule has 8 aromatic carbocycles. The van der Waals surface area contributed by atoms with Gasteiger partial charge in [-0.15, -0.1) is 0 Å². The molecule has 0 radical (unpaired) electrons. The van der Waals surface area contributed by atoms with Gasteiger partial charge in [-0.1, -0.05) is 207 Å². The summed E-state index contributed by atoms with van der Waals surface area (Å²) >= 11 is 0. The largest absolute Gasteiger partial charge is 0.228 e. The Hall–Kier alpha value is -7.16. The molecule has 0 aliphatic heterocycles. The van der Waals surface area contributed by atoms with Crippen LogP contribution in [0.15, 0.2) is 212 Å².